The zero-order valence-electron chi connectivity index (χ0n) is 44.2. The first-order valence-electron chi connectivity index (χ1n) is 26.0. The number of amides is 1. The van der Waals surface area contributed by atoms with Gasteiger partial charge in [0.15, 0.2) is 0 Å². The molecule has 18 heteroatoms. The number of hydrogen-bond acceptors (Lipinski definition) is 17. The molecule has 0 spiro atoms. The van der Waals surface area contributed by atoms with Gasteiger partial charge in [-0.05, 0) is 94.6 Å². The van der Waals surface area contributed by atoms with E-state index in [0.29, 0.717) is 50.5 Å². The van der Waals surface area contributed by atoms with Crippen molar-refractivity contribution in [3.8, 4) is 0 Å². The van der Waals surface area contributed by atoms with Crippen molar-refractivity contribution in [2.24, 2.45) is 52.8 Å². The summed E-state index contributed by atoms with van der Waals surface area (Å²) in [6.07, 6.45) is 5.80. The highest BCUT2D eigenvalue weighted by molar-refractivity contribution is 6.63. The largest absolute Gasteiger partial charge is 0.460 e. The summed E-state index contributed by atoms with van der Waals surface area (Å²) in [5.74, 6) is -11.6. The summed E-state index contributed by atoms with van der Waals surface area (Å²) in [5.41, 5.74) is -0.491. The number of allylic oxidation sites excluding steroid dienone is 6. The number of nitrogens with zero attached hydrogens (tertiary/aromatic N) is 1. The van der Waals surface area contributed by atoms with Crippen LogP contribution in [0.4, 0.5) is 0 Å². The van der Waals surface area contributed by atoms with E-state index in [4.69, 9.17) is 18.9 Å². The van der Waals surface area contributed by atoms with Crippen molar-refractivity contribution in [1.29, 1.82) is 0 Å². The normalized spacial score (nSPS) is 38.0. The van der Waals surface area contributed by atoms with Gasteiger partial charge >= 0.3 is 11.9 Å². The van der Waals surface area contributed by atoms with Crippen LogP contribution in [-0.4, -0.2) is 166 Å². The molecular formula is C55H83NO17. The minimum absolute atomic E-state index is 0.0382. The lowest BCUT2D eigenvalue weighted by Crippen LogP contribution is -2.62. The summed E-state index contributed by atoms with van der Waals surface area (Å²) in [4.78, 5) is 97.9. The first-order valence-corrected chi connectivity index (χ1v) is 26.0. The fraction of sp³-hybridized carbons (Fsp3) is 0.727. The number of hydrogen-bond donors (Lipinski definition) is 6. The van der Waals surface area contributed by atoms with Crippen molar-refractivity contribution < 1.29 is 83.1 Å². The number of aliphatic hydroxyl groups is 6. The number of esters is 2. The maximum Gasteiger partial charge on any atom is 0.329 e. The molecule has 0 aromatic rings. The molecule has 0 radical (unpaired) electrons. The van der Waals surface area contributed by atoms with Crippen LogP contribution in [0.15, 0.2) is 47.6 Å². The number of carbonyl (C=O) groups is 7. The molecule has 1 aliphatic carbocycles. The highest BCUT2D eigenvalue weighted by Crippen LogP contribution is 2.45. The van der Waals surface area contributed by atoms with Crippen LogP contribution < -0.4 is 0 Å². The number of ether oxygens (including phenoxy) is 4. The van der Waals surface area contributed by atoms with E-state index in [0.717, 1.165) is 10.5 Å². The van der Waals surface area contributed by atoms with E-state index in [1.807, 2.05) is 19.1 Å². The average molecular weight is 1030 g/mol. The molecule has 4 bridgehead atoms. The van der Waals surface area contributed by atoms with Gasteiger partial charge in [0.2, 0.25) is 5.78 Å². The number of piperidine rings is 1. The van der Waals surface area contributed by atoms with Crippen LogP contribution in [0.2, 0.25) is 0 Å². The number of aliphatic hydroxyl groups excluding tert-OH is 6. The summed E-state index contributed by atoms with van der Waals surface area (Å²) >= 11 is 0. The number of fused-ring (bicyclic) bond motifs is 1. The van der Waals surface area contributed by atoms with Crippen molar-refractivity contribution >= 4 is 41.0 Å². The van der Waals surface area contributed by atoms with Gasteiger partial charge in [-0.3, -0.25) is 28.8 Å². The maximum atomic E-state index is 14.2. The molecule has 3 unspecified atom stereocenters. The number of methoxy groups -OCH3 is 2. The standard InChI is InChI=1S/C55H83NO17/c1-30-14-11-10-12-15-31(2)44(70-8)25-37(60)24-42(62)35(6)50(65)51(66)52(67)56-19-13-16-38-39(22-36-17-18-43(46(23-36)71-9)73-54(69)55(7,28-58)29-59)45(72-53(68)47(38)56)26-41(61)32(3)21-34(5)49(64)40(27-57)48(63)33(4)20-30/h10-12,14-15,21,30,32-33,35-40,42-47,49,57-60,62,64H,13,16-20,22-29H2,1-9H3/b12-10+,14-11+,31-15+,34-21+/t30-,32-,33-,35-,36+,37?,38?,39+,40+,42?,43-,44+,45+,46-,47+,49-/m1/s1. The Morgan fingerprint density at radius 2 is 1.52 bits per heavy atom. The molecule has 410 valence electrons. The van der Waals surface area contributed by atoms with Crippen molar-refractivity contribution in [2.75, 3.05) is 40.6 Å². The number of carbonyl (C=O) groups excluding carboxylic acids is 7. The average Bonchev–Trinajstić information content (AvgIpc) is 3.37. The molecular weight excluding hydrogens is 947 g/mol. The lowest BCUT2D eigenvalue weighted by molar-refractivity contribution is -0.186. The lowest BCUT2D eigenvalue weighted by atomic mass is 9.68. The molecule has 3 fully saturated rings. The van der Waals surface area contributed by atoms with Crippen LogP contribution in [0.5, 0.6) is 0 Å². The van der Waals surface area contributed by atoms with Crippen LogP contribution in [-0.2, 0) is 52.5 Å². The van der Waals surface area contributed by atoms with Crippen LogP contribution in [0.25, 0.3) is 0 Å². The highest BCUT2D eigenvalue weighted by atomic mass is 16.6. The molecule has 0 aromatic carbocycles. The van der Waals surface area contributed by atoms with E-state index in [1.54, 1.807) is 45.9 Å². The quantitative estimate of drug-likeness (QED) is 0.110. The lowest BCUT2D eigenvalue weighted by Gasteiger charge is -2.49. The number of rotatable bonds is 9. The van der Waals surface area contributed by atoms with E-state index in [9.17, 15) is 64.2 Å². The third kappa shape index (κ3) is 15.7. The van der Waals surface area contributed by atoms with Gasteiger partial charge in [0, 0.05) is 63.7 Å². The Morgan fingerprint density at radius 1 is 0.836 bits per heavy atom. The predicted octanol–water partition coefficient (Wildman–Crippen LogP) is 3.35. The first kappa shape index (κ1) is 61.3. The molecule has 18 nitrogen and oxygen atoms in total. The molecule has 1 amide bonds. The number of Topliss-reactive ketones (excluding diaryl/α,β-unsaturated/α-hetero) is 4. The number of ketones is 4. The first-order chi connectivity index (χ1) is 34.5. The summed E-state index contributed by atoms with van der Waals surface area (Å²) in [6.45, 7) is 9.40. The topological polar surface area (TPSA) is 281 Å². The van der Waals surface area contributed by atoms with E-state index >= 15 is 0 Å². The third-order valence-electron chi connectivity index (χ3n) is 15.9. The molecule has 1 saturated carbocycles. The maximum absolute atomic E-state index is 14.2. The zero-order valence-corrected chi connectivity index (χ0v) is 44.2. The van der Waals surface area contributed by atoms with Crippen LogP contribution in [0, 0.1) is 52.8 Å². The summed E-state index contributed by atoms with van der Waals surface area (Å²) in [5, 5.41) is 63.6. The third-order valence-corrected chi connectivity index (χ3v) is 15.9. The van der Waals surface area contributed by atoms with E-state index < -0.39 is 139 Å². The van der Waals surface area contributed by atoms with Gasteiger partial charge in [-0.25, -0.2) is 4.79 Å². The van der Waals surface area contributed by atoms with Crippen LogP contribution in [0.1, 0.15) is 113 Å². The van der Waals surface area contributed by atoms with E-state index in [1.165, 1.54) is 34.1 Å². The van der Waals surface area contributed by atoms with Crippen LogP contribution in [0.3, 0.4) is 0 Å². The van der Waals surface area contributed by atoms with Crippen molar-refractivity contribution in [3.63, 3.8) is 0 Å². The smallest absolute Gasteiger partial charge is 0.329 e. The monoisotopic (exact) mass is 1030 g/mol. The molecule has 6 N–H and O–H groups in total. The van der Waals surface area contributed by atoms with Gasteiger partial charge in [-0.15, -0.1) is 0 Å². The van der Waals surface area contributed by atoms with Crippen molar-refractivity contribution in [1.82, 2.24) is 4.90 Å². The Hall–Kier alpha value is -4.27. The molecule has 73 heavy (non-hydrogen) atoms. The SMILES string of the molecule is CO[C@H]1CC(O)CC(O)[C@@H](C)C(=O)C(=O)C(=O)N2CCCC3[C@H]2C(=O)O[C@@H](CC(=O)[C@H](C)/C=C(\C)[C@@H](O)[C@@H](CO)C(=O)[C@H](C)C[C@H](C)/C=C/C=C/C=C/1C)[C@H]3C[C@@H]1CC[C@@H](OC(=O)C(C)(CO)CO)[C@H](OC)C1. The van der Waals surface area contributed by atoms with Gasteiger partial charge in [0.05, 0.1) is 56.3 Å². The van der Waals surface area contributed by atoms with E-state index in [-0.39, 0.29) is 49.2 Å². The van der Waals surface area contributed by atoms with Gasteiger partial charge in [0.1, 0.15) is 35.2 Å². The minimum atomic E-state index is -1.53. The second-order valence-corrected chi connectivity index (χ2v) is 21.6. The van der Waals surface area contributed by atoms with Gasteiger partial charge in [0.25, 0.3) is 11.7 Å². The summed E-state index contributed by atoms with van der Waals surface area (Å²) in [6, 6.07) is -1.30. The Balaban J connectivity index is 1.71. The molecule has 16 atom stereocenters. The Kier molecular flexibility index (Phi) is 23.5. The Labute approximate surface area is 430 Å². The molecule has 3 heterocycles. The molecule has 2 saturated heterocycles. The molecule has 3 aliphatic heterocycles. The second kappa shape index (κ2) is 28.0. The second-order valence-electron chi connectivity index (χ2n) is 21.6. The van der Waals surface area contributed by atoms with Crippen molar-refractivity contribution in [3.05, 3.63) is 47.6 Å². The Morgan fingerprint density at radius 3 is 2.15 bits per heavy atom. The zero-order chi connectivity index (χ0) is 54.5. The minimum Gasteiger partial charge on any atom is -0.460 e. The predicted molar refractivity (Wildman–Crippen MR) is 267 cm³/mol. The van der Waals surface area contributed by atoms with E-state index in [2.05, 4.69) is 0 Å². The molecule has 4 aliphatic rings. The highest BCUT2D eigenvalue weighted by Gasteiger charge is 2.54. The fourth-order valence-corrected chi connectivity index (χ4v) is 11.0. The molecule has 0 aromatic heterocycles. The summed E-state index contributed by atoms with van der Waals surface area (Å²) in [7, 11) is 2.94. The van der Waals surface area contributed by atoms with Crippen LogP contribution >= 0.6 is 0 Å². The van der Waals surface area contributed by atoms with Gasteiger partial charge < -0.3 is 54.5 Å². The van der Waals surface area contributed by atoms with Gasteiger partial charge in [-0.1, -0.05) is 64.2 Å². The van der Waals surface area contributed by atoms with Gasteiger partial charge in [-0.2, -0.15) is 0 Å². The summed E-state index contributed by atoms with van der Waals surface area (Å²) < 4.78 is 23.3. The fourth-order valence-electron chi connectivity index (χ4n) is 11.0. The van der Waals surface area contributed by atoms with Crippen molar-refractivity contribution in [2.45, 2.75) is 161 Å². The Bertz CT molecular complexity index is 2060. The molecule has 4 rings (SSSR count).